The molecule has 1 N–H and O–H groups in total. The highest BCUT2D eigenvalue weighted by atomic mass is 14.8. The lowest BCUT2D eigenvalue weighted by Gasteiger charge is -2.23. The quantitative estimate of drug-likeness (QED) is 0.773. The summed E-state index contributed by atoms with van der Waals surface area (Å²) in [5, 5.41) is 3.32. The largest absolute Gasteiger partial charge is 0.319 e. The summed E-state index contributed by atoms with van der Waals surface area (Å²) in [4.78, 5) is 0. The van der Waals surface area contributed by atoms with Gasteiger partial charge in [-0.2, -0.15) is 0 Å². The van der Waals surface area contributed by atoms with Gasteiger partial charge in [0.2, 0.25) is 0 Å². The van der Waals surface area contributed by atoms with Crippen molar-refractivity contribution in [3.05, 3.63) is 35.4 Å². The third-order valence-corrected chi connectivity index (χ3v) is 3.50. The lowest BCUT2D eigenvalue weighted by Crippen LogP contribution is -2.26. The van der Waals surface area contributed by atoms with Gasteiger partial charge in [0.25, 0.3) is 0 Å². The van der Waals surface area contributed by atoms with Gasteiger partial charge in [0.1, 0.15) is 0 Å². The molecule has 0 fully saturated rings. The molecule has 1 rings (SSSR count). The van der Waals surface area contributed by atoms with Crippen LogP contribution in [0.5, 0.6) is 0 Å². The van der Waals surface area contributed by atoms with E-state index in [1.54, 1.807) is 0 Å². The molecule has 0 amide bonds. The van der Waals surface area contributed by atoms with Gasteiger partial charge in [-0.25, -0.2) is 0 Å². The van der Waals surface area contributed by atoms with Gasteiger partial charge < -0.3 is 5.32 Å². The lowest BCUT2D eigenvalue weighted by atomic mass is 9.86. The molecule has 16 heavy (non-hydrogen) atoms. The molecule has 0 spiro atoms. The van der Waals surface area contributed by atoms with Gasteiger partial charge in [-0.1, -0.05) is 50.1 Å². The third kappa shape index (κ3) is 3.97. The van der Waals surface area contributed by atoms with E-state index in [1.807, 2.05) is 7.05 Å². The van der Waals surface area contributed by atoms with Gasteiger partial charge in [0.05, 0.1) is 0 Å². The van der Waals surface area contributed by atoms with Crippen LogP contribution in [0.2, 0.25) is 0 Å². The van der Waals surface area contributed by atoms with Crippen molar-refractivity contribution in [2.45, 2.75) is 33.6 Å². The predicted molar refractivity (Wildman–Crippen MR) is 71.8 cm³/mol. The molecule has 1 aromatic rings. The zero-order chi connectivity index (χ0) is 12.0. The number of aryl methyl sites for hydroxylation is 1. The minimum atomic E-state index is 0.747. The van der Waals surface area contributed by atoms with E-state index in [0.29, 0.717) is 0 Å². The van der Waals surface area contributed by atoms with Crippen molar-refractivity contribution in [1.82, 2.24) is 5.32 Å². The monoisotopic (exact) mass is 219 g/mol. The second-order valence-corrected chi connectivity index (χ2v) is 4.90. The first-order valence-electron chi connectivity index (χ1n) is 6.37. The summed E-state index contributed by atoms with van der Waals surface area (Å²) in [5.74, 6) is 1.53. The number of rotatable bonds is 6. The molecule has 90 valence electrons. The van der Waals surface area contributed by atoms with Crippen LogP contribution in [0.15, 0.2) is 24.3 Å². The van der Waals surface area contributed by atoms with Crippen LogP contribution in [-0.2, 0) is 6.42 Å². The first-order valence-corrected chi connectivity index (χ1v) is 6.37. The van der Waals surface area contributed by atoms with Crippen LogP contribution in [-0.4, -0.2) is 13.6 Å². The van der Waals surface area contributed by atoms with E-state index in [4.69, 9.17) is 0 Å². The highest BCUT2D eigenvalue weighted by molar-refractivity contribution is 5.22. The smallest absolute Gasteiger partial charge is 0.00178 e. The topological polar surface area (TPSA) is 12.0 Å². The molecule has 0 aliphatic rings. The Morgan fingerprint density at radius 1 is 1.31 bits per heavy atom. The van der Waals surface area contributed by atoms with Crippen molar-refractivity contribution in [2.24, 2.45) is 11.8 Å². The van der Waals surface area contributed by atoms with E-state index >= 15 is 0 Å². The maximum Gasteiger partial charge on any atom is -0.00178 e. The van der Waals surface area contributed by atoms with E-state index in [0.717, 1.165) is 18.4 Å². The van der Waals surface area contributed by atoms with Gasteiger partial charge in [0, 0.05) is 0 Å². The fraction of sp³-hybridized carbons (Fsp3) is 0.600. The Labute approximate surface area is 100 Å². The summed E-state index contributed by atoms with van der Waals surface area (Å²) in [5.41, 5.74) is 2.84. The lowest BCUT2D eigenvalue weighted by molar-refractivity contribution is 0.337. The normalized spacial score (nSPS) is 14.8. The zero-order valence-electron chi connectivity index (χ0n) is 11.1. The second-order valence-electron chi connectivity index (χ2n) is 4.90. The molecule has 0 radical (unpaired) electrons. The third-order valence-electron chi connectivity index (χ3n) is 3.50. The van der Waals surface area contributed by atoms with E-state index in [2.05, 4.69) is 50.4 Å². The Kier molecular flexibility index (Phi) is 5.54. The standard InChI is InChI=1S/C15H25N/c1-5-13(3)15(11-16-4)10-14-8-6-7-12(2)9-14/h6-9,13,15-16H,5,10-11H2,1-4H3. The van der Waals surface area contributed by atoms with Crippen molar-refractivity contribution in [2.75, 3.05) is 13.6 Å². The van der Waals surface area contributed by atoms with Crippen LogP contribution >= 0.6 is 0 Å². The summed E-state index contributed by atoms with van der Waals surface area (Å²) in [6, 6.07) is 8.89. The van der Waals surface area contributed by atoms with Gasteiger partial charge >= 0.3 is 0 Å². The fourth-order valence-corrected chi connectivity index (χ4v) is 2.21. The zero-order valence-corrected chi connectivity index (χ0v) is 11.1. The average Bonchev–Trinajstić information content (AvgIpc) is 2.27. The van der Waals surface area contributed by atoms with Crippen molar-refractivity contribution in [3.63, 3.8) is 0 Å². The molecule has 0 bridgehead atoms. The Bertz CT molecular complexity index is 306. The van der Waals surface area contributed by atoms with Gasteiger partial charge in [-0.3, -0.25) is 0 Å². The summed E-state index contributed by atoms with van der Waals surface area (Å²) in [6.07, 6.45) is 2.45. The van der Waals surface area contributed by atoms with Crippen LogP contribution in [0.3, 0.4) is 0 Å². The number of hydrogen-bond acceptors (Lipinski definition) is 1. The molecular weight excluding hydrogens is 194 g/mol. The molecule has 1 nitrogen and oxygen atoms in total. The molecule has 0 saturated heterocycles. The second kappa shape index (κ2) is 6.70. The van der Waals surface area contributed by atoms with Gasteiger partial charge in [0.15, 0.2) is 0 Å². The summed E-state index contributed by atoms with van der Waals surface area (Å²) in [7, 11) is 2.05. The van der Waals surface area contributed by atoms with Crippen molar-refractivity contribution in [3.8, 4) is 0 Å². The molecule has 1 heteroatoms. The summed E-state index contributed by atoms with van der Waals surface area (Å²) in [6.45, 7) is 7.92. The number of hydrogen-bond donors (Lipinski definition) is 1. The van der Waals surface area contributed by atoms with E-state index < -0.39 is 0 Å². The van der Waals surface area contributed by atoms with Crippen molar-refractivity contribution in [1.29, 1.82) is 0 Å². The van der Waals surface area contributed by atoms with Gasteiger partial charge in [-0.05, 0) is 44.3 Å². The van der Waals surface area contributed by atoms with Crippen LogP contribution in [0.1, 0.15) is 31.4 Å². The molecule has 0 aliphatic carbocycles. The molecule has 0 saturated carbocycles. The van der Waals surface area contributed by atoms with Crippen molar-refractivity contribution >= 4 is 0 Å². The average molecular weight is 219 g/mol. The SMILES string of the molecule is CCC(C)C(CNC)Cc1cccc(C)c1. The molecule has 2 unspecified atom stereocenters. The molecule has 2 atom stereocenters. The Morgan fingerprint density at radius 2 is 2.06 bits per heavy atom. The Morgan fingerprint density at radius 3 is 2.62 bits per heavy atom. The first kappa shape index (κ1) is 13.2. The van der Waals surface area contributed by atoms with Crippen LogP contribution in [0, 0.1) is 18.8 Å². The van der Waals surface area contributed by atoms with E-state index in [-0.39, 0.29) is 0 Å². The molecule has 0 heterocycles. The highest BCUT2D eigenvalue weighted by Gasteiger charge is 2.15. The number of benzene rings is 1. The molecule has 0 aliphatic heterocycles. The maximum atomic E-state index is 3.32. The Hall–Kier alpha value is -0.820. The minimum Gasteiger partial charge on any atom is -0.319 e. The highest BCUT2D eigenvalue weighted by Crippen LogP contribution is 2.20. The molecule has 0 aromatic heterocycles. The summed E-state index contributed by atoms with van der Waals surface area (Å²) < 4.78 is 0. The minimum absolute atomic E-state index is 0.747. The van der Waals surface area contributed by atoms with E-state index in [1.165, 1.54) is 24.0 Å². The maximum absolute atomic E-state index is 3.32. The van der Waals surface area contributed by atoms with Gasteiger partial charge in [-0.15, -0.1) is 0 Å². The first-order chi connectivity index (χ1) is 7.67. The van der Waals surface area contributed by atoms with Crippen LogP contribution in [0.4, 0.5) is 0 Å². The fourth-order valence-electron chi connectivity index (χ4n) is 2.21. The van der Waals surface area contributed by atoms with Crippen LogP contribution < -0.4 is 5.32 Å². The number of nitrogens with one attached hydrogen (secondary N) is 1. The van der Waals surface area contributed by atoms with E-state index in [9.17, 15) is 0 Å². The molecular formula is C15H25N. The molecule has 1 aromatic carbocycles. The Balaban J connectivity index is 2.67. The predicted octanol–water partition coefficient (Wildman–Crippen LogP) is 3.42. The van der Waals surface area contributed by atoms with Crippen molar-refractivity contribution < 1.29 is 0 Å². The summed E-state index contributed by atoms with van der Waals surface area (Å²) >= 11 is 0. The van der Waals surface area contributed by atoms with Crippen LogP contribution in [0.25, 0.3) is 0 Å².